The van der Waals surface area contributed by atoms with Gasteiger partial charge in [-0.2, -0.15) is 0 Å². The van der Waals surface area contributed by atoms with Crippen LogP contribution in [0.1, 0.15) is 44.9 Å². The molecule has 3 nitrogen and oxygen atoms in total. The van der Waals surface area contributed by atoms with Crippen molar-refractivity contribution in [1.29, 1.82) is 0 Å². The van der Waals surface area contributed by atoms with E-state index >= 15 is 0 Å². The lowest BCUT2D eigenvalue weighted by Gasteiger charge is -2.33. The predicted octanol–water partition coefficient (Wildman–Crippen LogP) is 2.45. The Morgan fingerprint density at radius 2 is 1.87 bits per heavy atom. The zero-order valence-electron chi connectivity index (χ0n) is 9.21. The molecule has 1 unspecified atom stereocenters. The van der Waals surface area contributed by atoms with Crippen molar-refractivity contribution in [2.24, 2.45) is 11.3 Å². The molecule has 2 fully saturated rings. The van der Waals surface area contributed by atoms with E-state index in [1.807, 2.05) is 0 Å². The van der Waals surface area contributed by atoms with Gasteiger partial charge >= 0.3 is 5.97 Å². The summed E-state index contributed by atoms with van der Waals surface area (Å²) >= 11 is 0. The topological polar surface area (TPSA) is 46.5 Å². The summed E-state index contributed by atoms with van der Waals surface area (Å²) in [6, 6.07) is 0. The van der Waals surface area contributed by atoms with Crippen LogP contribution in [0.3, 0.4) is 0 Å². The van der Waals surface area contributed by atoms with Gasteiger partial charge in [-0.3, -0.25) is 4.79 Å². The molecule has 0 aromatic carbocycles. The van der Waals surface area contributed by atoms with Crippen molar-refractivity contribution in [2.45, 2.75) is 44.9 Å². The first kappa shape index (κ1) is 10.9. The normalized spacial score (nSPS) is 31.1. The van der Waals surface area contributed by atoms with Gasteiger partial charge in [0.05, 0.1) is 12.0 Å². The summed E-state index contributed by atoms with van der Waals surface area (Å²) in [5, 5.41) is 9.52. The van der Waals surface area contributed by atoms with Crippen LogP contribution in [0.25, 0.3) is 0 Å². The van der Waals surface area contributed by atoms with Crippen molar-refractivity contribution < 1.29 is 14.6 Å². The van der Waals surface area contributed by atoms with Crippen LogP contribution in [0, 0.1) is 11.3 Å². The van der Waals surface area contributed by atoms with Gasteiger partial charge in [-0.1, -0.05) is 25.7 Å². The van der Waals surface area contributed by atoms with Crippen LogP contribution in [-0.4, -0.2) is 24.3 Å². The van der Waals surface area contributed by atoms with Crippen LogP contribution in [0.15, 0.2) is 0 Å². The minimum atomic E-state index is -0.583. The molecule has 2 aliphatic rings. The molecular formula is C12H20O3. The fourth-order valence-corrected chi connectivity index (χ4v) is 3.13. The van der Waals surface area contributed by atoms with Gasteiger partial charge in [0.2, 0.25) is 0 Å². The van der Waals surface area contributed by atoms with Crippen LogP contribution < -0.4 is 0 Å². The number of carbonyl (C=O) groups is 1. The lowest BCUT2D eigenvalue weighted by atomic mass is 9.69. The van der Waals surface area contributed by atoms with E-state index in [0.717, 1.165) is 38.7 Å². The molecule has 0 bridgehead atoms. The number of rotatable bonds is 2. The number of carboxylic acid groups (broad SMARTS) is 1. The largest absolute Gasteiger partial charge is 0.481 e. The number of ether oxygens (including phenoxy) is 1. The van der Waals surface area contributed by atoms with E-state index in [2.05, 4.69) is 0 Å². The van der Waals surface area contributed by atoms with E-state index in [9.17, 15) is 9.90 Å². The zero-order chi connectivity index (χ0) is 10.7. The molecule has 0 spiro atoms. The van der Waals surface area contributed by atoms with Crippen molar-refractivity contribution in [3.05, 3.63) is 0 Å². The van der Waals surface area contributed by atoms with Gasteiger partial charge in [0.25, 0.3) is 0 Å². The summed E-state index contributed by atoms with van der Waals surface area (Å²) in [5.74, 6) is -0.326. The molecule has 2 rings (SSSR count). The van der Waals surface area contributed by atoms with Crippen LogP contribution in [0.5, 0.6) is 0 Å². The molecule has 0 amide bonds. The molecule has 1 saturated heterocycles. The molecule has 1 N–H and O–H groups in total. The molecule has 0 radical (unpaired) electrons. The van der Waals surface area contributed by atoms with Crippen LogP contribution in [0.2, 0.25) is 0 Å². The van der Waals surface area contributed by atoms with E-state index in [0.29, 0.717) is 6.61 Å². The highest BCUT2D eigenvalue weighted by Gasteiger charge is 2.46. The maximum Gasteiger partial charge on any atom is 0.310 e. The quantitative estimate of drug-likeness (QED) is 0.715. The van der Waals surface area contributed by atoms with Crippen molar-refractivity contribution in [3.63, 3.8) is 0 Å². The zero-order valence-corrected chi connectivity index (χ0v) is 9.21. The van der Waals surface area contributed by atoms with E-state index < -0.39 is 11.4 Å². The second-order valence-corrected chi connectivity index (χ2v) is 4.94. The summed E-state index contributed by atoms with van der Waals surface area (Å²) in [6.45, 7) is 1.41. The van der Waals surface area contributed by atoms with E-state index in [-0.39, 0.29) is 5.92 Å². The highest BCUT2D eigenvalue weighted by molar-refractivity contribution is 5.75. The highest BCUT2D eigenvalue weighted by atomic mass is 16.5. The fourth-order valence-electron chi connectivity index (χ4n) is 3.13. The number of hydrogen-bond donors (Lipinski definition) is 1. The third kappa shape index (κ3) is 2.03. The van der Waals surface area contributed by atoms with Gasteiger partial charge in [0.1, 0.15) is 0 Å². The van der Waals surface area contributed by atoms with Gasteiger partial charge in [-0.25, -0.2) is 0 Å². The Labute approximate surface area is 90.8 Å². The van der Waals surface area contributed by atoms with Crippen molar-refractivity contribution in [2.75, 3.05) is 13.2 Å². The average molecular weight is 212 g/mol. The van der Waals surface area contributed by atoms with Crippen LogP contribution in [-0.2, 0) is 9.53 Å². The minimum absolute atomic E-state index is 0.257. The van der Waals surface area contributed by atoms with E-state index in [4.69, 9.17) is 4.74 Å². The summed E-state index contributed by atoms with van der Waals surface area (Å²) in [5.41, 5.74) is -0.465. The molecule has 1 aliphatic heterocycles. The monoisotopic (exact) mass is 212 g/mol. The molecular weight excluding hydrogens is 192 g/mol. The Morgan fingerprint density at radius 3 is 2.33 bits per heavy atom. The summed E-state index contributed by atoms with van der Waals surface area (Å²) in [6.07, 6.45) is 7.19. The third-order valence-corrected chi connectivity index (χ3v) is 4.13. The van der Waals surface area contributed by atoms with Crippen LogP contribution in [0.4, 0.5) is 0 Å². The minimum Gasteiger partial charge on any atom is -0.481 e. The summed E-state index contributed by atoms with van der Waals surface area (Å²) < 4.78 is 5.36. The molecule has 3 heteroatoms. The van der Waals surface area contributed by atoms with Gasteiger partial charge in [0, 0.05) is 12.5 Å². The second-order valence-electron chi connectivity index (χ2n) is 4.94. The maximum absolute atomic E-state index is 11.6. The molecule has 0 aromatic rings. The van der Waals surface area contributed by atoms with Gasteiger partial charge in [0.15, 0.2) is 0 Å². The van der Waals surface area contributed by atoms with Gasteiger partial charge < -0.3 is 9.84 Å². The maximum atomic E-state index is 11.6. The molecule has 1 saturated carbocycles. The van der Waals surface area contributed by atoms with E-state index in [1.165, 1.54) is 12.8 Å². The molecule has 1 aliphatic carbocycles. The average Bonchev–Trinajstić information content (AvgIpc) is 2.63. The Hall–Kier alpha value is -0.570. The highest BCUT2D eigenvalue weighted by Crippen LogP contribution is 2.44. The molecule has 1 atom stereocenters. The van der Waals surface area contributed by atoms with Gasteiger partial charge in [-0.15, -0.1) is 0 Å². The van der Waals surface area contributed by atoms with Crippen molar-refractivity contribution >= 4 is 5.97 Å². The second kappa shape index (κ2) is 4.52. The lowest BCUT2D eigenvalue weighted by molar-refractivity contribution is -0.154. The molecule has 15 heavy (non-hydrogen) atoms. The lowest BCUT2D eigenvalue weighted by Crippen LogP contribution is -2.38. The SMILES string of the molecule is O=C(O)C1(C2CCOC2)CCCCCC1. The first-order valence-corrected chi connectivity index (χ1v) is 6.07. The Kier molecular flexibility index (Phi) is 3.29. The van der Waals surface area contributed by atoms with Crippen molar-refractivity contribution in [3.8, 4) is 0 Å². The number of aliphatic carboxylic acids is 1. The van der Waals surface area contributed by atoms with Gasteiger partial charge in [-0.05, 0) is 19.3 Å². The Balaban J connectivity index is 2.16. The Bertz CT molecular complexity index is 223. The molecule has 0 aromatic heterocycles. The predicted molar refractivity (Wildman–Crippen MR) is 56.7 cm³/mol. The number of carboxylic acids is 1. The summed E-state index contributed by atoms with van der Waals surface area (Å²) in [4.78, 5) is 11.6. The van der Waals surface area contributed by atoms with E-state index in [1.54, 1.807) is 0 Å². The smallest absolute Gasteiger partial charge is 0.310 e. The standard InChI is InChI=1S/C12H20O3/c13-11(14)12(10-5-8-15-9-10)6-3-1-2-4-7-12/h10H,1-9H2,(H,13,14). The molecule has 86 valence electrons. The Morgan fingerprint density at radius 1 is 1.20 bits per heavy atom. The third-order valence-electron chi connectivity index (χ3n) is 4.13. The first-order valence-electron chi connectivity index (χ1n) is 6.07. The van der Waals surface area contributed by atoms with Crippen LogP contribution >= 0.6 is 0 Å². The summed E-state index contributed by atoms with van der Waals surface area (Å²) in [7, 11) is 0. The first-order chi connectivity index (χ1) is 7.26. The van der Waals surface area contributed by atoms with Crippen molar-refractivity contribution in [1.82, 2.24) is 0 Å². The molecule has 1 heterocycles. The fraction of sp³-hybridized carbons (Fsp3) is 0.917. The number of hydrogen-bond acceptors (Lipinski definition) is 2.